The van der Waals surface area contributed by atoms with Crippen molar-refractivity contribution in [3.63, 3.8) is 0 Å². The summed E-state index contributed by atoms with van der Waals surface area (Å²) < 4.78 is 18.4. The predicted octanol–water partition coefficient (Wildman–Crippen LogP) is 4.17. The monoisotopic (exact) mass is 378 g/mol. The minimum atomic E-state index is -0.678. The van der Waals surface area contributed by atoms with Gasteiger partial charge < -0.3 is 9.73 Å². The highest BCUT2D eigenvalue weighted by molar-refractivity contribution is 6.24. The van der Waals surface area contributed by atoms with Gasteiger partial charge >= 0.3 is 12.1 Å². The highest BCUT2D eigenvalue weighted by Gasteiger charge is 2.35. The first-order valence-electron chi connectivity index (χ1n) is 8.52. The number of aliphatic imine (C=N–C) groups is 2. The number of halogens is 1. The lowest BCUT2D eigenvalue weighted by Gasteiger charge is -2.31. The van der Waals surface area contributed by atoms with Crippen LogP contribution < -0.4 is 5.32 Å². The number of hydrogen-bond donors (Lipinski definition) is 1. The number of hydrogen-bond acceptors (Lipinski definition) is 3. The maximum absolute atomic E-state index is 13.0. The molecule has 4 amide bonds. The summed E-state index contributed by atoms with van der Waals surface area (Å²) in [6.45, 7) is 0.0966. The highest BCUT2D eigenvalue weighted by Crippen LogP contribution is 2.23. The molecule has 8 heteroatoms. The number of fused-ring (bicyclic) bond motifs is 1. The van der Waals surface area contributed by atoms with Crippen molar-refractivity contribution in [2.45, 2.75) is 6.54 Å². The quantitative estimate of drug-likeness (QED) is 0.870. The van der Waals surface area contributed by atoms with Crippen LogP contribution in [0, 0.1) is 11.7 Å². The summed E-state index contributed by atoms with van der Waals surface area (Å²) in [7, 11) is 0. The van der Waals surface area contributed by atoms with Crippen molar-refractivity contribution < 1.29 is 18.4 Å². The molecule has 2 aromatic rings. The fraction of sp³-hybridized carbons (Fsp3) is 0.100. The second-order valence-electron chi connectivity index (χ2n) is 6.11. The summed E-state index contributed by atoms with van der Waals surface area (Å²) in [5.74, 6) is -0.0657. The minimum absolute atomic E-state index is 0.0966. The summed E-state index contributed by atoms with van der Waals surface area (Å²) in [6.07, 6.45) is 8.59. The van der Waals surface area contributed by atoms with Gasteiger partial charge in [-0.3, -0.25) is 4.90 Å². The largest absolute Gasteiger partial charge is 0.467 e. The topological polar surface area (TPSA) is 87.3 Å². The molecule has 1 aliphatic heterocycles. The number of carbonyl (C=O) groups excluding carboxylic acids is 2. The van der Waals surface area contributed by atoms with Crippen LogP contribution in [-0.2, 0) is 6.54 Å². The van der Waals surface area contributed by atoms with Crippen LogP contribution in [0.4, 0.5) is 19.7 Å². The number of allylic oxidation sites excluding steroid dienone is 3. The minimum Gasteiger partial charge on any atom is -0.467 e. The molecule has 4 rings (SSSR count). The summed E-state index contributed by atoms with van der Waals surface area (Å²) in [5.41, 5.74) is 0.903. The van der Waals surface area contributed by atoms with Gasteiger partial charge in [-0.25, -0.2) is 14.0 Å². The van der Waals surface area contributed by atoms with Gasteiger partial charge in [-0.15, -0.1) is 0 Å². The third-order valence-corrected chi connectivity index (χ3v) is 4.22. The van der Waals surface area contributed by atoms with E-state index in [1.807, 2.05) is 6.08 Å². The summed E-state index contributed by atoms with van der Waals surface area (Å²) >= 11 is 0. The normalized spacial score (nSPS) is 19.5. The standard InChI is InChI=1S/C20H15FN4O3/c21-13-7-9-14(10-8-13)22-19(26)24-18-16-5-1-2-6-17(16)23-20(27)25(18)12-15-4-3-11-28-15/h1-11,16H,12H2,(H,22,26)/b24-18+. The second kappa shape index (κ2) is 7.43. The van der Waals surface area contributed by atoms with Crippen LogP contribution in [0.1, 0.15) is 5.76 Å². The number of urea groups is 2. The van der Waals surface area contributed by atoms with Gasteiger partial charge in [0.15, 0.2) is 0 Å². The average molecular weight is 378 g/mol. The Morgan fingerprint density at radius 2 is 2.07 bits per heavy atom. The lowest BCUT2D eigenvalue weighted by Crippen LogP contribution is -2.46. The number of carbonyl (C=O) groups is 2. The number of nitrogens with one attached hydrogen (secondary N) is 1. The van der Waals surface area contributed by atoms with E-state index in [-0.39, 0.29) is 12.4 Å². The van der Waals surface area contributed by atoms with E-state index >= 15 is 0 Å². The smallest absolute Gasteiger partial charge is 0.349 e. The van der Waals surface area contributed by atoms with Crippen molar-refractivity contribution in [2.75, 3.05) is 5.32 Å². The second-order valence-corrected chi connectivity index (χ2v) is 6.11. The Bertz CT molecular complexity index is 1020. The van der Waals surface area contributed by atoms with E-state index in [1.165, 1.54) is 35.4 Å². The fourth-order valence-electron chi connectivity index (χ4n) is 2.92. The van der Waals surface area contributed by atoms with Crippen LogP contribution in [0.15, 0.2) is 81.4 Å². The zero-order valence-electron chi connectivity index (χ0n) is 14.6. The van der Waals surface area contributed by atoms with Crippen LogP contribution in [0.3, 0.4) is 0 Å². The van der Waals surface area contributed by atoms with E-state index in [0.29, 0.717) is 17.2 Å². The van der Waals surface area contributed by atoms with Crippen molar-refractivity contribution in [1.82, 2.24) is 4.90 Å². The van der Waals surface area contributed by atoms with E-state index in [4.69, 9.17) is 4.42 Å². The molecule has 7 nitrogen and oxygen atoms in total. The van der Waals surface area contributed by atoms with Crippen molar-refractivity contribution in [3.05, 3.63) is 78.5 Å². The molecule has 2 heterocycles. The summed E-state index contributed by atoms with van der Waals surface area (Å²) in [4.78, 5) is 34.5. The van der Waals surface area contributed by atoms with E-state index in [9.17, 15) is 14.0 Å². The number of nitrogens with zero attached hydrogens (tertiary/aromatic N) is 3. The number of amidine groups is 1. The molecule has 1 aromatic carbocycles. The molecule has 140 valence electrons. The molecule has 1 aliphatic carbocycles. The first-order chi connectivity index (χ1) is 13.6. The van der Waals surface area contributed by atoms with Crippen molar-refractivity contribution >= 4 is 29.3 Å². The Kier molecular flexibility index (Phi) is 4.67. The Balaban J connectivity index is 1.65. The summed E-state index contributed by atoms with van der Waals surface area (Å²) in [6, 6.07) is 7.54. The number of furan rings is 1. The molecular weight excluding hydrogens is 363 g/mol. The third-order valence-electron chi connectivity index (χ3n) is 4.22. The Morgan fingerprint density at radius 3 is 2.82 bits per heavy atom. The molecule has 1 aromatic heterocycles. The lowest BCUT2D eigenvalue weighted by molar-refractivity contribution is 0.223. The number of benzene rings is 1. The van der Waals surface area contributed by atoms with Crippen LogP contribution in [-0.4, -0.2) is 28.5 Å². The molecule has 1 unspecified atom stereocenters. The van der Waals surface area contributed by atoms with Crippen LogP contribution >= 0.6 is 0 Å². The van der Waals surface area contributed by atoms with Crippen molar-refractivity contribution in [1.29, 1.82) is 0 Å². The molecule has 2 aliphatic rings. The summed E-state index contributed by atoms with van der Waals surface area (Å²) in [5, 5.41) is 2.57. The fourth-order valence-corrected chi connectivity index (χ4v) is 2.92. The van der Waals surface area contributed by atoms with Gasteiger partial charge in [0.1, 0.15) is 17.4 Å². The molecule has 0 saturated heterocycles. The number of anilines is 1. The Morgan fingerprint density at radius 1 is 1.25 bits per heavy atom. The lowest BCUT2D eigenvalue weighted by atomic mass is 9.94. The Labute approximate surface area is 159 Å². The Hall–Kier alpha value is -3.81. The first-order valence-corrected chi connectivity index (χ1v) is 8.52. The van der Waals surface area contributed by atoms with Gasteiger partial charge in [-0.1, -0.05) is 18.2 Å². The van der Waals surface area contributed by atoms with Crippen molar-refractivity contribution in [2.24, 2.45) is 15.9 Å². The molecule has 0 fully saturated rings. The molecule has 1 atom stereocenters. The zero-order chi connectivity index (χ0) is 19.5. The van der Waals surface area contributed by atoms with Gasteiger partial charge in [-0.05, 0) is 42.5 Å². The van der Waals surface area contributed by atoms with E-state index in [1.54, 1.807) is 30.4 Å². The number of rotatable bonds is 3. The van der Waals surface area contributed by atoms with Gasteiger partial charge in [-0.2, -0.15) is 9.98 Å². The van der Waals surface area contributed by atoms with E-state index in [2.05, 4.69) is 15.3 Å². The molecule has 0 spiro atoms. The van der Waals surface area contributed by atoms with Gasteiger partial charge in [0.2, 0.25) is 0 Å². The number of amides is 4. The maximum atomic E-state index is 13.0. The van der Waals surface area contributed by atoms with Crippen LogP contribution in [0.25, 0.3) is 0 Å². The van der Waals surface area contributed by atoms with Gasteiger partial charge in [0, 0.05) is 5.69 Å². The molecule has 0 saturated carbocycles. The molecule has 0 radical (unpaired) electrons. The molecule has 28 heavy (non-hydrogen) atoms. The third kappa shape index (κ3) is 3.66. The van der Waals surface area contributed by atoms with Crippen molar-refractivity contribution in [3.8, 4) is 0 Å². The molecular formula is C20H15FN4O3. The molecule has 0 bridgehead atoms. The van der Waals surface area contributed by atoms with Crippen LogP contribution in [0.2, 0.25) is 0 Å². The van der Waals surface area contributed by atoms with Gasteiger partial charge in [0.25, 0.3) is 0 Å². The molecule has 1 N–H and O–H groups in total. The SMILES string of the molecule is O=C(/N=C1\C2C=CC=CC2=NC(=O)N1Cc1ccco1)Nc1ccc(F)cc1. The van der Waals surface area contributed by atoms with E-state index < -0.39 is 23.8 Å². The first kappa shape index (κ1) is 17.6. The van der Waals surface area contributed by atoms with Crippen LogP contribution in [0.5, 0.6) is 0 Å². The maximum Gasteiger partial charge on any atom is 0.349 e. The highest BCUT2D eigenvalue weighted by atomic mass is 19.1. The average Bonchev–Trinajstić information content (AvgIpc) is 3.19. The van der Waals surface area contributed by atoms with E-state index in [0.717, 1.165) is 0 Å². The predicted molar refractivity (Wildman–Crippen MR) is 102 cm³/mol. The van der Waals surface area contributed by atoms with Gasteiger partial charge in [0.05, 0.1) is 24.4 Å². The zero-order valence-corrected chi connectivity index (χ0v) is 14.6.